The van der Waals surface area contributed by atoms with E-state index in [1.54, 1.807) is 29.2 Å². The zero-order valence-corrected chi connectivity index (χ0v) is 16.0. The van der Waals surface area contributed by atoms with Crippen molar-refractivity contribution in [3.05, 3.63) is 74.8 Å². The lowest BCUT2D eigenvalue weighted by molar-refractivity contribution is -0.146. The third-order valence-electron chi connectivity index (χ3n) is 5.30. The quantitative estimate of drug-likeness (QED) is 0.822. The fraction of sp³-hybridized carbons (Fsp3) is 0.286. The van der Waals surface area contributed by atoms with Crippen LogP contribution in [0.1, 0.15) is 29.2 Å². The summed E-state index contributed by atoms with van der Waals surface area (Å²) in [6.45, 7) is 0.961. The molecule has 0 aromatic heterocycles. The molecule has 0 saturated carbocycles. The lowest BCUT2D eigenvalue weighted by Crippen LogP contribution is -2.44. The molecule has 1 heterocycles. The van der Waals surface area contributed by atoms with Crippen LogP contribution in [0, 0.1) is 0 Å². The average Bonchev–Trinajstić information content (AvgIpc) is 3.03. The Labute approximate surface area is 167 Å². The van der Waals surface area contributed by atoms with E-state index in [-0.39, 0.29) is 0 Å². The fourth-order valence-electron chi connectivity index (χ4n) is 3.91. The zero-order chi connectivity index (χ0) is 19.1. The van der Waals surface area contributed by atoms with Gasteiger partial charge in [-0.15, -0.1) is 0 Å². The third-order valence-corrected chi connectivity index (χ3v) is 5.77. The van der Waals surface area contributed by atoms with Gasteiger partial charge in [-0.25, -0.2) is 0 Å². The molecule has 2 aromatic carbocycles. The molecule has 1 amide bonds. The predicted molar refractivity (Wildman–Crippen MR) is 106 cm³/mol. The van der Waals surface area contributed by atoms with Crippen LogP contribution < -0.4 is 0 Å². The van der Waals surface area contributed by atoms with E-state index in [9.17, 15) is 15.0 Å². The summed E-state index contributed by atoms with van der Waals surface area (Å²) >= 11 is 12.1. The van der Waals surface area contributed by atoms with E-state index >= 15 is 0 Å². The summed E-state index contributed by atoms with van der Waals surface area (Å²) in [6.07, 6.45) is -1.33. The number of aliphatic hydroxyl groups is 2. The summed E-state index contributed by atoms with van der Waals surface area (Å²) < 4.78 is 0. The Morgan fingerprint density at radius 3 is 2.63 bits per heavy atom. The molecule has 1 aliphatic carbocycles. The molecule has 2 aliphatic rings. The van der Waals surface area contributed by atoms with Crippen molar-refractivity contribution in [2.45, 2.75) is 25.0 Å². The number of carbonyl (C=O) groups is 1. The number of hydrogen-bond donors (Lipinski definition) is 2. The van der Waals surface area contributed by atoms with E-state index in [4.69, 9.17) is 23.2 Å². The first-order chi connectivity index (χ1) is 12.9. The number of carbonyl (C=O) groups excluding carboxylic acids is 1. The molecule has 2 atom stereocenters. The minimum Gasteiger partial charge on any atom is -0.385 e. The summed E-state index contributed by atoms with van der Waals surface area (Å²) in [4.78, 5) is 14.4. The Balaban J connectivity index is 1.49. The van der Waals surface area contributed by atoms with E-state index in [0.29, 0.717) is 35.1 Å². The van der Waals surface area contributed by atoms with E-state index in [2.05, 4.69) is 0 Å². The Hall–Kier alpha value is -1.85. The van der Waals surface area contributed by atoms with Gasteiger partial charge in [0.1, 0.15) is 6.10 Å². The summed E-state index contributed by atoms with van der Waals surface area (Å²) in [6, 6.07) is 12.4. The number of amides is 1. The van der Waals surface area contributed by atoms with Crippen molar-refractivity contribution in [2.75, 3.05) is 13.1 Å². The van der Waals surface area contributed by atoms with Crippen LogP contribution in [0.5, 0.6) is 0 Å². The van der Waals surface area contributed by atoms with Gasteiger partial charge in [-0.3, -0.25) is 4.79 Å². The number of rotatable bonds is 3. The van der Waals surface area contributed by atoms with Crippen LogP contribution in [0.2, 0.25) is 10.0 Å². The van der Waals surface area contributed by atoms with Crippen LogP contribution in [0.25, 0.3) is 5.57 Å². The Kier molecular flexibility index (Phi) is 4.99. The van der Waals surface area contributed by atoms with Crippen molar-refractivity contribution < 1.29 is 15.0 Å². The molecule has 0 radical (unpaired) electrons. The zero-order valence-electron chi connectivity index (χ0n) is 14.5. The molecular weight excluding hydrogens is 385 g/mol. The maximum absolute atomic E-state index is 12.8. The van der Waals surface area contributed by atoms with E-state index in [1.165, 1.54) is 22.3 Å². The Morgan fingerprint density at radius 2 is 1.85 bits per heavy atom. The van der Waals surface area contributed by atoms with Crippen molar-refractivity contribution in [1.29, 1.82) is 0 Å². The topological polar surface area (TPSA) is 60.8 Å². The largest absolute Gasteiger partial charge is 0.385 e. The van der Waals surface area contributed by atoms with Gasteiger partial charge in [-0.1, -0.05) is 41.4 Å². The lowest BCUT2D eigenvalue weighted by atomic mass is 9.97. The molecule has 27 heavy (non-hydrogen) atoms. The van der Waals surface area contributed by atoms with Gasteiger partial charge in [0.05, 0.1) is 0 Å². The molecule has 140 valence electrons. The highest BCUT2D eigenvalue weighted by atomic mass is 35.5. The van der Waals surface area contributed by atoms with Crippen molar-refractivity contribution in [2.24, 2.45) is 0 Å². The summed E-state index contributed by atoms with van der Waals surface area (Å²) in [7, 11) is 0. The number of fused-ring (bicyclic) bond motifs is 2. The van der Waals surface area contributed by atoms with Gasteiger partial charge in [0, 0.05) is 23.1 Å². The number of halogens is 2. The highest BCUT2D eigenvalue weighted by molar-refractivity contribution is 6.31. The minimum atomic E-state index is -1.52. The number of aliphatic hydroxyl groups excluding tert-OH is 2. The van der Waals surface area contributed by atoms with Gasteiger partial charge in [0.15, 0.2) is 6.10 Å². The normalized spacial score (nSPS) is 18.1. The number of hydrogen-bond acceptors (Lipinski definition) is 3. The van der Waals surface area contributed by atoms with Gasteiger partial charge < -0.3 is 15.1 Å². The van der Waals surface area contributed by atoms with Crippen LogP contribution in [0.3, 0.4) is 0 Å². The highest BCUT2D eigenvalue weighted by Gasteiger charge is 2.34. The van der Waals surface area contributed by atoms with Crippen molar-refractivity contribution in [1.82, 2.24) is 4.90 Å². The van der Waals surface area contributed by atoms with Gasteiger partial charge in [0.2, 0.25) is 0 Å². The van der Waals surface area contributed by atoms with Crippen LogP contribution in [0.4, 0.5) is 0 Å². The summed E-state index contributed by atoms with van der Waals surface area (Å²) in [5, 5.41) is 22.0. The first kappa shape index (κ1) is 18.5. The molecule has 2 aromatic rings. The maximum atomic E-state index is 12.8. The van der Waals surface area contributed by atoms with Gasteiger partial charge in [-0.2, -0.15) is 0 Å². The molecule has 4 nitrogen and oxygen atoms in total. The van der Waals surface area contributed by atoms with Crippen LogP contribution in [0.15, 0.2) is 48.0 Å². The molecule has 2 unspecified atom stereocenters. The van der Waals surface area contributed by atoms with E-state index in [1.807, 2.05) is 18.2 Å². The minimum absolute atomic E-state index is 0.420. The number of benzene rings is 2. The monoisotopic (exact) mass is 403 g/mol. The first-order valence-electron chi connectivity index (χ1n) is 8.84. The van der Waals surface area contributed by atoms with E-state index in [0.717, 1.165) is 6.42 Å². The Bertz CT molecular complexity index is 941. The predicted octanol–water partition coefficient (Wildman–Crippen LogP) is 3.63. The van der Waals surface area contributed by atoms with Gasteiger partial charge in [0.25, 0.3) is 5.91 Å². The van der Waals surface area contributed by atoms with Crippen molar-refractivity contribution >= 4 is 34.7 Å². The molecule has 1 aliphatic heterocycles. The molecule has 0 saturated heterocycles. The van der Waals surface area contributed by atoms with E-state index < -0.39 is 18.1 Å². The average molecular weight is 404 g/mol. The molecular formula is C21H19Cl2NO3. The molecule has 6 heteroatoms. The van der Waals surface area contributed by atoms with Crippen LogP contribution >= 0.6 is 23.2 Å². The van der Waals surface area contributed by atoms with Crippen molar-refractivity contribution in [3.63, 3.8) is 0 Å². The maximum Gasteiger partial charge on any atom is 0.254 e. The first-order valence-corrected chi connectivity index (χ1v) is 9.59. The molecule has 0 fully saturated rings. The standard InChI is InChI=1S/C21H19Cl2NO3/c22-15-3-1-2-13(9-15)19(25)20(26)21(27)24-7-6-17-14(11-24)8-12-4-5-16(23)10-18(12)17/h1-5,9-10,19-20,25-26H,6-8,11H2. The fourth-order valence-corrected chi connectivity index (χ4v) is 4.28. The SMILES string of the molecule is O=C(C(O)C(O)c1cccc(Cl)c1)N1CCC2=C(Cc3ccc(Cl)cc32)C1. The van der Waals surface area contributed by atoms with Crippen LogP contribution in [-0.2, 0) is 11.2 Å². The Morgan fingerprint density at radius 1 is 1.07 bits per heavy atom. The molecule has 0 bridgehead atoms. The van der Waals surface area contributed by atoms with Gasteiger partial charge >= 0.3 is 0 Å². The highest BCUT2D eigenvalue weighted by Crippen LogP contribution is 2.39. The lowest BCUT2D eigenvalue weighted by Gasteiger charge is -2.31. The second-order valence-electron chi connectivity index (χ2n) is 7.01. The smallest absolute Gasteiger partial charge is 0.254 e. The molecule has 2 N–H and O–H groups in total. The molecule has 4 rings (SSSR count). The number of nitrogens with zero attached hydrogens (tertiary/aromatic N) is 1. The van der Waals surface area contributed by atoms with Gasteiger partial charge in [-0.05, 0) is 64.9 Å². The summed E-state index contributed by atoms with van der Waals surface area (Å²) in [5.41, 5.74) is 5.24. The second-order valence-corrected chi connectivity index (χ2v) is 7.89. The second kappa shape index (κ2) is 7.28. The van der Waals surface area contributed by atoms with Crippen molar-refractivity contribution in [3.8, 4) is 0 Å². The third kappa shape index (κ3) is 3.50. The van der Waals surface area contributed by atoms with Crippen LogP contribution in [-0.4, -0.2) is 40.2 Å². The summed E-state index contributed by atoms with van der Waals surface area (Å²) in [5.74, 6) is -0.469. The molecule has 0 spiro atoms.